The summed E-state index contributed by atoms with van der Waals surface area (Å²) in [5, 5.41) is 2.89. The molecule has 2 aromatic heterocycles. The maximum Gasteiger partial charge on any atom is 0.264 e. The average Bonchev–Trinajstić information content (AvgIpc) is 3.18. The quantitative estimate of drug-likeness (QED) is 0.681. The van der Waals surface area contributed by atoms with E-state index in [1.165, 1.54) is 11.3 Å². The molecule has 4 rings (SSSR count). The highest BCUT2D eigenvalue weighted by Gasteiger charge is 2.33. The number of aromatic nitrogens is 1. The molecule has 0 unspecified atom stereocenters. The maximum atomic E-state index is 12.6. The van der Waals surface area contributed by atoms with Crippen LogP contribution in [0, 0.1) is 6.92 Å². The van der Waals surface area contributed by atoms with Gasteiger partial charge in [-0.1, -0.05) is 18.2 Å². The number of carbonyl (C=O) groups excluding carboxylic acids is 2. The standard InChI is InChI=1S/C22H21N3O3S/c1-15-11-17(9-10-23-15)28-18-13-25(14-18)22(27)20-8-7-19(29-20)12-24-21(26)16-5-3-2-4-6-16/h2-11,18H,12-14H2,1H3,(H,24,26). The highest BCUT2D eigenvalue weighted by atomic mass is 32.1. The van der Waals surface area contributed by atoms with Crippen LogP contribution in [0.4, 0.5) is 0 Å². The van der Waals surface area contributed by atoms with Crippen molar-refractivity contribution in [1.29, 1.82) is 0 Å². The fourth-order valence-electron chi connectivity index (χ4n) is 3.07. The van der Waals surface area contributed by atoms with Gasteiger partial charge >= 0.3 is 0 Å². The summed E-state index contributed by atoms with van der Waals surface area (Å²) in [5.74, 6) is 0.657. The van der Waals surface area contributed by atoms with Crippen LogP contribution in [0.2, 0.25) is 0 Å². The normalized spacial score (nSPS) is 13.6. The number of hydrogen-bond acceptors (Lipinski definition) is 5. The lowest BCUT2D eigenvalue weighted by molar-refractivity contribution is 0.0181. The van der Waals surface area contributed by atoms with Crippen LogP contribution >= 0.6 is 11.3 Å². The Morgan fingerprint density at radius 3 is 2.72 bits per heavy atom. The van der Waals surface area contributed by atoms with Gasteiger partial charge in [0, 0.05) is 28.4 Å². The molecule has 2 amide bonds. The van der Waals surface area contributed by atoms with E-state index in [2.05, 4.69) is 10.3 Å². The molecule has 3 aromatic rings. The first-order chi connectivity index (χ1) is 14.1. The van der Waals surface area contributed by atoms with Gasteiger partial charge in [0.15, 0.2) is 0 Å². The molecule has 1 aliphatic rings. The van der Waals surface area contributed by atoms with Crippen molar-refractivity contribution in [1.82, 2.24) is 15.2 Å². The van der Waals surface area contributed by atoms with Crippen LogP contribution in [-0.2, 0) is 6.54 Å². The summed E-state index contributed by atoms with van der Waals surface area (Å²) in [6, 6.07) is 16.5. The zero-order valence-corrected chi connectivity index (χ0v) is 16.8. The minimum Gasteiger partial charge on any atom is -0.487 e. The van der Waals surface area contributed by atoms with Gasteiger partial charge in [-0.25, -0.2) is 0 Å². The Morgan fingerprint density at radius 1 is 1.17 bits per heavy atom. The molecule has 1 fully saturated rings. The van der Waals surface area contributed by atoms with Crippen LogP contribution < -0.4 is 10.1 Å². The van der Waals surface area contributed by atoms with Crippen molar-refractivity contribution in [2.75, 3.05) is 13.1 Å². The Labute approximate surface area is 173 Å². The van der Waals surface area contributed by atoms with Crippen molar-refractivity contribution in [3.05, 3.63) is 81.8 Å². The van der Waals surface area contributed by atoms with Crippen LogP contribution in [0.3, 0.4) is 0 Å². The number of rotatable bonds is 6. The number of likely N-dealkylation sites (tertiary alicyclic amines) is 1. The second kappa shape index (κ2) is 8.45. The minimum atomic E-state index is -0.124. The van der Waals surface area contributed by atoms with Crippen molar-refractivity contribution >= 4 is 23.2 Å². The second-order valence-electron chi connectivity index (χ2n) is 6.90. The van der Waals surface area contributed by atoms with E-state index in [0.717, 1.165) is 16.3 Å². The van der Waals surface area contributed by atoms with Gasteiger partial charge in [0.1, 0.15) is 11.9 Å². The molecule has 0 radical (unpaired) electrons. The van der Waals surface area contributed by atoms with E-state index in [9.17, 15) is 9.59 Å². The number of thiophene rings is 1. The third-order valence-corrected chi connectivity index (χ3v) is 5.71. The van der Waals surface area contributed by atoms with E-state index in [-0.39, 0.29) is 17.9 Å². The fraction of sp³-hybridized carbons (Fsp3) is 0.227. The molecule has 0 bridgehead atoms. The Hall–Kier alpha value is -3.19. The third-order valence-electron chi connectivity index (χ3n) is 4.64. The number of amides is 2. The van der Waals surface area contributed by atoms with Crippen LogP contribution in [0.15, 0.2) is 60.8 Å². The molecule has 0 saturated carbocycles. The monoisotopic (exact) mass is 407 g/mol. The predicted octanol–water partition coefficient (Wildman–Crippen LogP) is 3.28. The SMILES string of the molecule is Cc1cc(OC2CN(C(=O)c3ccc(CNC(=O)c4ccccc4)s3)C2)ccn1. The van der Waals surface area contributed by atoms with E-state index >= 15 is 0 Å². The Morgan fingerprint density at radius 2 is 1.97 bits per heavy atom. The van der Waals surface area contributed by atoms with Crippen molar-refractivity contribution in [2.24, 2.45) is 0 Å². The summed E-state index contributed by atoms with van der Waals surface area (Å²) in [6.45, 7) is 3.45. The molecule has 1 N–H and O–H groups in total. The molecule has 1 aromatic carbocycles. The van der Waals surface area contributed by atoms with Gasteiger partial charge in [-0.15, -0.1) is 11.3 Å². The Bertz CT molecular complexity index is 1010. The molecule has 3 heterocycles. The number of ether oxygens (including phenoxy) is 1. The molecule has 0 atom stereocenters. The highest BCUT2D eigenvalue weighted by Crippen LogP contribution is 2.23. The molecule has 0 aliphatic carbocycles. The molecule has 29 heavy (non-hydrogen) atoms. The lowest BCUT2D eigenvalue weighted by atomic mass is 10.1. The Kier molecular flexibility index (Phi) is 5.57. The van der Waals surface area contributed by atoms with Gasteiger partial charge in [0.2, 0.25) is 0 Å². The number of nitrogens with zero attached hydrogens (tertiary/aromatic N) is 2. The molecule has 148 valence electrons. The topological polar surface area (TPSA) is 71.5 Å². The fourth-order valence-corrected chi connectivity index (χ4v) is 3.98. The summed E-state index contributed by atoms with van der Waals surface area (Å²) in [6.07, 6.45) is 1.72. The zero-order valence-electron chi connectivity index (χ0n) is 16.0. The van der Waals surface area contributed by atoms with Crippen molar-refractivity contribution < 1.29 is 14.3 Å². The molecular formula is C22H21N3O3S. The summed E-state index contributed by atoms with van der Waals surface area (Å²) in [5.41, 5.74) is 1.52. The summed E-state index contributed by atoms with van der Waals surface area (Å²) in [7, 11) is 0. The first-order valence-corrected chi connectivity index (χ1v) is 10.2. The number of pyridine rings is 1. The number of hydrogen-bond donors (Lipinski definition) is 1. The van der Waals surface area contributed by atoms with E-state index in [4.69, 9.17) is 4.74 Å². The van der Waals surface area contributed by atoms with Crippen molar-refractivity contribution in [3.8, 4) is 5.75 Å². The Balaban J connectivity index is 1.26. The molecular weight excluding hydrogens is 386 g/mol. The van der Waals surface area contributed by atoms with E-state index in [1.807, 2.05) is 49.4 Å². The second-order valence-corrected chi connectivity index (χ2v) is 8.07. The first-order valence-electron chi connectivity index (χ1n) is 9.39. The van der Waals surface area contributed by atoms with Gasteiger partial charge in [0.05, 0.1) is 24.5 Å². The molecule has 1 saturated heterocycles. The van der Waals surface area contributed by atoms with Gasteiger partial charge < -0.3 is 15.0 Å². The molecule has 6 nitrogen and oxygen atoms in total. The van der Waals surface area contributed by atoms with Crippen LogP contribution in [0.5, 0.6) is 5.75 Å². The summed E-state index contributed by atoms with van der Waals surface area (Å²) < 4.78 is 5.88. The number of nitrogens with one attached hydrogen (secondary N) is 1. The summed E-state index contributed by atoms with van der Waals surface area (Å²) in [4.78, 5) is 32.3. The maximum absolute atomic E-state index is 12.6. The van der Waals surface area contributed by atoms with Gasteiger partial charge in [-0.2, -0.15) is 0 Å². The lowest BCUT2D eigenvalue weighted by Crippen LogP contribution is -2.56. The highest BCUT2D eigenvalue weighted by molar-refractivity contribution is 7.14. The van der Waals surface area contributed by atoms with Crippen molar-refractivity contribution in [2.45, 2.75) is 19.6 Å². The van der Waals surface area contributed by atoms with E-state index in [0.29, 0.717) is 30.1 Å². The number of aryl methyl sites for hydroxylation is 1. The molecule has 7 heteroatoms. The largest absolute Gasteiger partial charge is 0.487 e. The lowest BCUT2D eigenvalue weighted by Gasteiger charge is -2.38. The predicted molar refractivity (Wildman–Crippen MR) is 111 cm³/mol. The third kappa shape index (κ3) is 4.63. The van der Waals surface area contributed by atoms with Crippen LogP contribution in [0.25, 0.3) is 0 Å². The first kappa shape index (κ1) is 19.1. The van der Waals surface area contributed by atoms with E-state index in [1.54, 1.807) is 23.2 Å². The number of benzene rings is 1. The average molecular weight is 407 g/mol. The molecule has 1 aliphatic heterocycles. The van der Waals surface area contributed by atoms with Crippen LogP contribution in [0.1, 0.15) is 30.6 Å². The van der Waals surface area contributed by atoms with Gasteiger partial charge in [-0.05, 0) is 37.3 Å². The van der Waals surface area contributed by atoms with Crippen molar-refractivity contribution in [3.63, 3.8) is 0 Å². The van der Waals surface area contributed by atoms with Gasteiger partial charge in [0.25, 0.3) is 11.8 Å². The zero-order chi connectivity index (χ0) is 20.2. The number of carbonyl (C=O) groups is 2. The van der Waals surface area contributed by atoms with E-state index < -0.39 is 0 Å². The minimum absolute atomic E-state index is 0.00129. The summed E-state index contributed by atoms with van der Waals surface area (Å²) >= 11 is 1.41. The molecule has 0 spiro atoms. The smallest absolute Gasteiger partial charge is 0.264 e. The van der Waals surface area contributed by atoms with Crippen LogP contribution in [-0.4, -0.2) is 40.9 Å². The van der Waals surface area contributed by atoms with Gasteiger partial charge in [-0.3, -0.25) is 14.6 Å².